The van der Waals surface area contributed by atoms with Gasteiger partial charge in [0.05, 0.1) is 30.0 Å². The highest BCUT2D eigenvalue weighted by Crippen LogP contribution is 2.33. The number of methoxy groups -OCH3 is 2. The second-order valence-electron chi connectivity index (χ2n) is 6.52. The normalized spacial score (nSPS) is 16.2. The molecule has 0 saturated heterocycles. The molecule has 3 heterocycles. The number of fused-ring (bicyclic) bond motifs is 1. The molecule has 2 aromatic heterocycles. The summed E-state index contributed by atoms with van der Waals surface area (Å²) < 4.78 is 12.1. The van der Waals surface area contributed by atoms with Crippen molar-refractivity contribution < 1.29 is 19.4 Å². The highest BCUT2D eigenvalue weighted by molar-refractivity contribution is 7.10. The van der Waals surface area contributed by atoms with Crippen LogP contribution >= 0.6 is 22.7 Å². The van der Waals surface area contributed by atoms with E-state index in [1.165, 1.54) is 43.0 Å². The zero-order valence-corrected chi connectivity index (χ0v) is 18.0. The molecule has 9 heteroatoms. The molecule has 0 spiro atoms. The topological polar surface area (TPSA) is 90.1 Å². The molecule has 0 aliphatic carbocycles. The lowest BCUT2D eigenvalue weighted by atomic mass is 10.0. The first kappa shape index (κ1) is 20.1. The fourth-order valence-corrected chi connectivity index (χ4v) is 5.21. The van der Waals surface area contributed by atoms with Gasteiger partial charge in [-0.2, -0.15) is 0 Å². The molecule has 7 nitrogen and oxygen atoms in total. The fourth-order valence-electron chi connectivity index (χ4n) is 3.34. The maximum Gasteiger partial charge on any atom is 0.338 e. The Bertz CT molecular complexity index is 1330. The lowest BCUT2D eigenvalue weighted by Crippen LogP contribution is -2.39. The third-order valence-electron chi connectivity index (χ3n) is 4.74. The highest BCUT2D eigenvalue weighted by Gasteiger charge is 2.33. The zero-order chi connectivity index (χ0) is 21.4. The van der Waals surface area contributed by atoms with Crippen LogP contribution in [-0.4, -0.2) is 29.9 Å². The fraction of sp³-hybridized carbons (Fsp3) is 0.190. The molecular weight excluding hydrogens is 424 g/mol. The second kappa shape index (κ2) is 7.92. The van der Waals surface area contributed by atoms with E-state index in [0.29, 0.717) is 31.9 Å². The number of rotatable bonds is 4. The van der Waals surface area contributed by atoms with Gasteiger partial charge in [0, 0.05) is 4.88 Å². The van der Waals surface area contributed by atoms with E-state index in [0.717, 1.165) is 4.88 Å². The molecule has 1 aliphatic heterocycles. The van der Waals surface area contributed by atoms with E-state index >= 15 is 0 Å². The van der Waals surface area contributed by atoms with E-state index in [2.05, 4.69) is 4.99 Å². The van der Waals surface area contributed by atoms with Crippen molar-refractivity contribution in [2.24, 2.45) is 4.99 Å². The summed E-state index contributed by atoms with van der Waals surface area (Å²) in [5.41, 5.74) is 1.33. The van der Waals surface area contributed by atoms with Gasteiger partial charge in [-0.3, -0.25) is 9.36 Å². The van der Waals surface area contributed by atoms with Crippen LogP contribution in [0.1, 0.15) is 23.4 Å². The Morgan fingerprint density at radius 3 is 2.77 bits per heavy atom. The molecule has 0 radical (unpaired) electrons. The van der Waals surface area contributed by atoms with Crippen molar-refractivity contribution in [1.29, 1.82) is 0 Å². The van der Waals surface area contributed by atoms with E-state index in [4.69, 9.17) is 9.47 Å². The molecule has 4 rings (SSSR count). The lowest BCUT2D eigenvalue weighted by molar-refractivity contribution is -0.136. The summed E-state index contributed by atoms with van der Waals surface area (Å²) in [7, 11) is 2.78. The molecule has 1 aromatic carbocycles. The minimum Gasteiger partial charge on any atom is -0.504 e. The number of phenols is 1. The van der Waals surface area contributed by atoms with Gasteiger partial charge in [0.1, 0.15) is 6.04 Å². The predicted molar refractivity (Wildman–Crippen MR) is 115 cm³/mol. The number of aromatic hydroxyl groups is 1. The SMILES string of the molecule is COC(=O)C1=C(C)N=c2sc(=Cc3ccc(O)c(OC)c3)c(=O)n2C1c1cccs1. The number of thiazole rings is 1. The van der Waals surface area contributed by atoms with Crippen LogP contribution in [0.15, 0.2) is 56.8 Å². The van der Waals surface area contributed by atoms with Crippen molar-refractivity contribution in [1.82, 2.24) is 4.57 Å². The van der Waals surface area contributed by atoms with E-state index < -0.39 is 12.0 Å². The average molecular weight is 443 g/mol. The summed E-state index contributed by atoms with van der Waals surface area (Å²) in [6, 6.07) is 8.02. The number of allylic oxidation sites excluding steroid dienone is 1. The van der Waals surface area contributed by atoms with Crippen LogP contribution in [0.2, 0.25) is 0 Å². The molecule has 3 aromatic rings. The minimum absolute atomic E-state index is 0.0205. The molecule has 1 atom stereocenters. The van der Waals surface area contributed by atoms with Crippen molar-refractivity contribution in [3.63, 3.8) is 0 Å². The lowest BCUT2D eigenvalue weighted by Gasteiger charge is -2.22. The summed E-state index contributed by atoms with van der Waals surface area (Å²) in [4.78, 5) is 31.7. The molecule has 1 unspecified atom stereocenters. The van der Waals surface area contributed by atoms with Crippen LogP contribution in [0.3, 0.4) is 0 Å². The molecule has 0 fully saturated rings. The molecular formula is C21H18N2O5S2. The number of benzene rings is 1. The van der Waals surface area contributed by atoms with Crippen molar-refractivity contribution in [2.45, 2.75) is 13.0 Å². The van der Waals surface area contributed by atoms with E-state index in [-0.39, 0.29) is 11.3 Å². The van der Waals surface area contributed by atoms with Gasteiger partial charge >= 0.3 is 5.97 Å². The summed E-state index contributed by atoms with van der Waals surface area (Å²) in [5, 5.41) is 11.7. The van der Waals surface area contributed by atoms with Crippen LogP contribution in [0.25, 0.3) is 6.08 Å². The third kappa shape index (κ3) is 3.35. The number of ether oxygens (including phenoxy) is 2. The van der Waals surface area contributed by atoms with Gasteiger partial charge in [0.25, 0.3) is 5.56 Å². The number of carbonyl (C=O) groups excluding carboxylic acids is 1. The van der Waals surface area contributed by atoms with Crippen LogP contribution in [0, 0.1) is 0 Å². The maximum absolute atomic E-state index is 13.3. The van der Waals surface area contributed by atoms with Crippen molar-refractivity contribution in [2.75, 3.05) is 14.2 Å². The smallest absolute Gasteiger partial charge is 0.338 e. The second-order valence-corrected chi connectivity index (χ2v) is 8.51. The first-order chi connectivity index (χ1) is 14.4. The van der Waals surface area contributed by atoms with E-state index in [9.17, 15) is 14.7 Å². The Labute approximate surface area is 179 Å². The molecule has 30 heavy (non-hydrogen) atoms. The van der Waals surface area contributed by atoms with E-state index in [1.54, 1.807) is 29.7 Å². The largest absolute Gasteiger partial charge is 0.504 e. The molecule has 0 bridgehead atoms. The Morgan fingerprint density at radius 2 is 2.10 bits per heavy atom. The van der Waals surface area contributed by atoms with Gasteiger partial charge in [-0.05, 0) is 42.1 Å². The van der Waals surface area contributed by atoms with Crippen LogP contribution in [0.5, 0.6) is 11.5 Å². The van der Waals surface area contributed by atoms with Crippen molar-refractivity contribution in [3.05, 3.63) is 77.1 Å². The Kier molecular flexibility index (Phi) is 5.31. The average Bonchev–Trinajstić information content (AvgIpc) is 3.37. The van der Waals surface area contributed by atoms with E-state index in [1.807, 2.05) is 17.5 Å². The number of aromatic nitrogens is 1. The first-order valence-corrected chi connectivity index (χ1v) is 10.7. The number of carbonyl (C=O) groups is 1. The number of nitrogens with zero attached hydrogens (tertiary/aromatic N) is 2. The number of hydrogen-bond donors (Lipinski definition) is 1. The summed E-state index contributed by atoms with van der Waals surface area (Å²) >= 11 is 2.71. The Hall–Kier alpha value is -3.17. The van der Waals surface area contributed by atoms with Crippen LogP contribution in [0.4, 0.5) is 0 Å². The zero-order valence-electron chi connectivity index (χ0n) is 16.4. The van der Waals surface area contributed by atoms with Gasteiger partial charge < -0.3 is 14.6 Å². The van der Waals surface area contributed by atoms with Crippen molar-refractivity contribution in [3.8, 4) is 11.5 Å². The molecule has 0 amide bonds. The maximum atomic E-state index is 13.3. The van der Waals surface area contributed by atoms with Gasteiger partial charge in [-0.25, -0.2) is 9.79 Å². The summed E-state index contributed by atoms with van der Waals surface area (Å²) in [6.45, 7) is 1.74. The van der Waals surface area contributed by atoms with Gasteiger partial charge in [0.2, 0.25) is 0 Å². The van der Waals surface area contributed by atoms with Crippen LogP contribution < -0.4 is 19.6 Å². The monoisotopic (exact) mass is 442 g/mol. The summed E-state index contributed by atoms with van der Waals surface area (Å²) in [6.07, 6.45) is 1.72. The van der Waals surface area contributed by atoms with Gasteiger partial charge in [-0.15, -0.1) is 11.3 Å². The van der Waals surface area contributed by atoms with Gasteiger partial charge in [0.15, 0.2) is 16.3 Å². The predicted octanol–water partition coefficient (Wildman–Crippen LogP) is 2.18. The quantitative estimate of drug-likeness (QED) is 0.626. The Morgan fingerprint density at radius 1 is 1.30 bits per heavy atom. The highest BCUT2D eigenvalue weighted by atomic mass is 32.1. The molecule has 0 saturated carbocycles. The molecule has 1 N–H and O–H groups in total. The summed E-state index contributed by atoms with van der Waals surface area (Å²) in [5.74, 6) is -0.170. The molecule has 1 aliphatic rings. The number of thiophene rings is 1. The molecule has 154 valence electrons. The number of esters is 1. The number of hydrogen-bond acceptors (Lipinski definition) is 8. The number of phenolic OH excluding ortho intramolecular Hbond substituents is 1. The van der Waals surface area contributed by atoms with Crippen LogP contribution in [-0.2, 0) is 9.53 Å². The third-order valence-corrected chi connectivity index (χ3v) is 6.65. The first-order valence-electron chi connectivity index (χ1n) is 8.96. The minimum atomic E-state index is -0.592. The van der Waals surface area contributed by atoms with Gasteiger partial charge in [-0.1, -0.05) is 23.5 Å². The Balaban J connectivity index is 1.94. The standard InChI is InChI=1S/C21H18N2O5S2/c1-11-17(20(26)28-3)18(15-5-4-8-29-15)23-19(25)16(30-21(23)22-11)10-12-6-7-13(24)14(9-12)27-2/h4-10,18,24H,1-3H3. The van der Waals surface area contributed by atoms with Crippen molar-refractivity contribution >= 4 is 34.7 Å².